The highest BCUT2D eigenvalue weighted by molar-refractivity contribution is 6.30. The molecular formula is C18H18ClN3O2. The zero-order valence-electron chi connectivity index (χ0n) is 13.0. The van der Waals surface area contributed by atoms with Gasteiger partial charge in [-0.15, -0.1) is 0 Å². The van der Waals surface area contributed by atoms with Gasteiger partial charge in [0.15, 0.2) is 0 Å². The number of hydrogen-bond acceptors (Lipinski definition) is 3. The molecular weight excluding hydrogens is 326 g/mol. The highest BCUT2D eigenvalue weighted by Crippen LogP contribution is 2.25. The van der Waals surface area contributed by atoms with E-state index in [1.54, 1.807) is 17.0 Å². The van der Waals surface area contributed by atoms with Crippen molar-refractivity contribution in [2.24, 2.45) is 5.73 Å². The molecule has 0 spiro atoms. The lowest BCUT2D eigenvalue weighted by atomic mass is 10.0. The van der Waals surface area contributed by atoms with E-state index in [9.17, 15) is 9.59 Å². The van der Waals surface area contributed by atoms with Crippen LogP contribution in [-0.2, 0) is 9.59 Å². The Balaban J connectivity index is 1.75. The molecule has 124 valence electrons. The number of anilines is 1. The summed E-state index contributed by atoms with van der Waals surface area (Å²) < 4.78 is 0. The van der Waals surface area contributed by atoms with Crippen LogP contribution in [0.1, 0.15) is 18.0 Å². The number of hydrogen-bond donors (Lipinski definition) is 2. The van der Waals surface area contributed by atoms with Crippen LogP contribution in [0, 0.1) is 0 Å². The summed E-state index contributed by atoms with van der Waals surface area (Å²) in [6, 6.07) is 15.2. The van der Waals surface area contributed by atoms with Crippen molar-refractivity contribution in [2.45, 2.75) is 18.5 Å². The summed E-state index contributed by atoms with van der Waals surface area (Å²) in [4.78, 5) is 26.2. The Labute approximate surface area is 145 Å². The third kappa shape index (κ3) is 3.42. The van der Waals surface area contributed by atoms with Crippen LogP contribution in [0.5, 0.6) is 0 Å². The fourth-order valence-electron chi connectivity index (χ4n) is 2.90. The van der Waals surface area contributed by atoms with Gasteiger partial charge in [-0.1, -0.05) is 41.9 Å². The fourth-order valence-corrected chi connectivity index (χ4v) is 3.03. The number of carbonyl (C=O) groups excluding carboxylic acids is 2. The van der Waals surface area contributed by atoms with Crippen LogP contribution in [0.15, 0.2) is 54.6 Å². The molecule has 0 aromatic heterocycles. The standard InChI is InChI=1S/C18H18ClN3O2/c19-13-6-8-14(9-7-13)22-11-10-15(18(22)24)21-16(17(20)23)12-4-2-1-3-5-12/h1-9,15-16,21H,10-11H2,(H2,20,23)/t15-,16-/m0/s1. The Morgan fingerprint density at radius 1 is 1.17 bits per heavy atom. The van der Waals surface area contributed by atoms with E-state index < -0.39 is 18.0 Å². The Hall–Kier alpha value is -2.37. The van der Waals surface area contributed by atoms with E-state index in [0.717, 1.165) is 11.3 Å². The molecule has 0 radical (unpaired) electrons. The third-order valence-electron chi connectivity index (χ3n) is 4.13. The molecule has 2 aromatic carbocycles. The zero-order valence-corrected chi connectivity index (χ0v) is 13.7. The number of halogens is 1. The number of benzene rings is 2. The molecule has 24 heavy (non-hydrogen) atoms. The number of nitrogens with two attached hydrogens (primary N) is 1. The van der Waals surface area contributed by atoms with Crippen molar-refractivity contribution < 1.29 is 9.59 Å². The molecule has 2 aromatic rings. The van der Waals surface area contributed by atoms with Crippen LogP contribution in [0.3, 0.4) is 0 Å². The van der Waals surface area contributed by atoms with Crippen molar-refractivity contribution in [2.75, 3.05) is 11.4 Å². The molecule has 1 saturated heterocycles. The molecule has 2 atom stereocenters. The highest BCUT2D eigenvalue weighted by atomic mass is 35.5. The second-order valence-electron chi connectivity index (χ2n) is 5.72. The van der Waals surface area contributed by atoms with Crippen molar-refractivity contribution in [1.29, 1.82) is 0 Å². The molecule has 1 heterocycles. The van der Waals surface area contributed by atoms with Crippen LogP contribution in [0.25, 0.3) is 0 Å². The predicted molar refractivity (Wildman–Crippen MR) is 93.7 cm³/mol. The van der Waals surface area contributed by atoms with E-state index in [1.165, 1.54) is 0 Å². The second-order valence-corrected chi connectivity index (χ2v) is 6.16. The lowest BCUT2D eigenvalue weighted by molar-refractivity contribution is -0.121. The van der Waals surface area contributed by atoms with E-state index in [0.29, 0.717) is 18.0 Å². The summed E-state index contributed by atoms with van der Waals surface area (Å²) in [6.45, 7) is 0.582. The van der Waals surface area contributed by atoms with Crippen LogP contribution in [0.4, 0.5) is 5.69 Å². The minimum Gasteiger partial charge on any atom is -0.368 e. The zero-order chi connectivity index (χ0) is 17.1. The average molecular weight is 344 g/mol. The molecule has 0 aliphatic carbocycles. The molecule has 5 nitrogen and oxygen atoms in total. The first kappa shape index (κ1) is 16.5. The van der Waals surface area contributed by atoms with Gasteiger partial charge in [0, 0.05) is 17.3 Å². The van der Waals surface area contributed by atoms with Gasteiger partial charge in [-0.25, -0.2) is 0 Å². The molecule has 1 fully saturated rings. The van der Waals surface area contributed by atoms with Gasteiger partial charge in [-0.05, 0) is 36.2 Å². The van der Waals surface area contributed by atoms with Crippen LogP contribution >= 0.6 is 11.6 Å². The van der Waals surface area contributed by atoms with Gasteiger partial charge in [0.05, 0.1) is 6.04 Å². The number of amides is 2. The van der Waals surface area contributed by atoms with Gasteiger partial charge in [0.1, 0.15) is 6.04 Å². The van der Waals surface area contributed by atoms with Crippen molar-refractivity contribution >= 4 is 29.1 Å². The van der Waals surface area contributed by atoms with E-state index in [4.69, 9.17) is 17.3 Å². The largest absolute Gasteiger partial charge is 0.368 e. The Morgan fingerprint density at radius 3 is 2.46 bits per heavy atom. The van der Waals surface area contributed by atoms with Crippen LogP contribution in [-0.4, -0.2) is 24.4 Å². The molecule has 0 bridgehead atoms. The van der Waals surface area contributed by atoms with Crippen molar-refractivity contribution in [3.05, 3.63) is 65.2 Å². The Bertz CT molecular complexity index is 734. The molecule has 1 aliphatic rings. The monoisotopic (exact) mass is 343 g/mol. The minimum atomic E-state index is -0.690. The van der Waals surface area contributed by atoms with E-state index in [1.807, 2.05) is 42.5 Å². The number of primary amides is 1. The first-order valence-corrected chi connectivity index (χ1v) is 8.11. The summed E-state index contributed by atoms with van der Waals surface area (Å²) in [5, 5.41) is 3.72. The van der Waals surface area contributed by atoms with E-state index in [-0.39, 0.29) is 5.91 Å². The van der Waals surface area contributed by atoms with E-state index in [2.05, 4.69) is 5.32 Å². The third-order valence-corrected chi connectivity index (χ3v) is 4.38. The van der Waals surface area contributed by atoms with Gasteiger partial charge in [-0.3, -0.25) is 14.9 Å². The van der Waals surface area contributed by atoms with Gasteiger partial charge in [0.2, 0.25) is 11.8 Å². The van der Waals surface area contributed by atoms with Gasteiger partial charge in [-0.2, -0.15) is 0 Å². The maximum Gasteiger partial charge on any atom is 0.244 e. The topological polar surface area (TPSA) is 75.4 Å². The average Bonchev–Trinajstić information content (AvgIpc) is 2.94. The van der Waals surface area contributed by atoms with Crippen LogP contribution < -0.4 is 16.0 Å². The Kier molecular flexibility index (Phi) is 4.83. The smallest absolute Gasteiger partial charge is 0.244 e. The molecule has 3 rings (SSSR count). The second kappa shape index (κ2) is 7.03. The summed E-state index contributed by atoms with van der Waals surface area (Å²) in [5.74, 6) is -0.571. The normalized spacial score (nSPS) is 18.6. The molecule has 1 aliphatic heterocycles. The van der Waals surface area contributed by atoms with E-state index >= 15 is 0 Å². The van der Waals surface area contributed by atoms with Crippen molar-refractivity contribution in [3.63, 3.8) is 0 Å². The maximum absolute atomic E-state index is 12.7. The molecule has 3 N–H and O–H groups in total. The quantitative estimate of drug-likeness (QED) is 0.874. The highest BCUT2D eigenvalue weighted by Gasteiger charge is 2.35. The number of nitrogens with zero attached hydrogens (tertiary/aromatic N) is 1. The molecule has 0 saturated carbocycles. The first-order chi connectivity index (χ1) is 11.6. The van der Waals surface area contributed by atoms with Crippen molar-refractivity contribution in [3.8, 4) is 0 Å². The SMILES string of the molecule is NC(=O)[C@@H](N[C@H]1CCN(c2ccc(Cl)cc2)C1=O)c1ccccc1. The maximum atomic E-state index is 12.7. The molecule has 6 heteroatoms. The van der Waals surface area contributed by atoms with Gasteiger partial charge in [0.25, 0.3) is 0 Å². The number of nitrogens with one attached hydrogen (secondary N) is 1. The minimum absolute atomic E-state index is 0.0699. The summed E-state index contributed by atoms with van der Waals surface area (Å²) in [6.07, 6.45) is 0.609. The predicted octanol–water partition coefficient (Wildman–Crippen LogP) is 2.26. The lowest BCUT2D eigenvalue weighted by Crippen LogP contribution is -2.44. The van der Waals surface area contributed by atoms with Crippen molar-refractivity contribution in [1.82, 2.24) is 5.32 Å². The number of rotatable bonds is 5. The molecule has 0 unspecified atom stereocenters. The Morgan fingerprint density at radius 2 is 1.83 bits per heavy atom. The lowest BCUT2D eigenvalue weighted by Gasteiger charge is -2.21. The van der Waals surface area contributed by atoms with Gasteiger partial charge >= 0.3 is 0 Å². The molecule has 2 amide bonds. The van der Waals surface area contributed by atoms with Crippen LogP contribution in [0.2, 0.25) is 5.02 Å². The fraction of sp³-hybridized carbons (Fsp3) is 0.222. The van der Waals surface area contributed by atoms with Gasteiger partial charge < -0.3 is 10.6 Å². The first-order valence-electron chi connectivity index (χ1n) is 7.73. The summed E-state index contributed by atoms with van der Waals surface area (Å²) in [5.41, 5.74) is 7.06. The summed E-state index contributed by atoms with van der Waals surface area (Å²) >= 11 is 5.89. The summed E-state index contributed by atoms with van der Waals surface area (Å²) in [7, 11) is 0. The number of carbonyl (C=O) groups is 2.